The molecule has 2 heterocycles. The van der Waals surface area contributed by atoms with Crippen molar-refractivity contribution in [3.05, 3.63) is 36.0 Å². The number of aromatic nitrogens is 1. The summed E-state index contributed by atoms with van der Waals surface area (Å²) in [5, 5.41) is 14.6. The highest BCUT2D eigenvalue weighted by Crippen LogP contribution is 2.27. The Kier molecular flexibility index (Phi) is 7.12. The Morgan fingerprint density at radius 2 is 2.20 bits per heavy atom. The number of alkyl carbamates (subject to hydrolysis) is 1. The van der Waals surface area contributed by atoms with E-state index < -0.39 is 17.8 Å². The van der Waals surface area contributed by atoms with Gasteiger partial charge in [0.05, 0.1) is 31.4 Å². The van der Waals surface area contributed by atoms with Crippen LogP contribution in [0.15, 0.2) is 30.5 Å². The molecule has 1 amide bonds. The molecular formula is C22H31N3O5. The standard InChI is InChI=1S/C22H31N3O5/c1-22(2,3)30-21(27)24-12-16-13-25(9-10-29-16)14-20(26)17-7-8-23-19-6-5-15(28-4)11-18(17)19/h5-8,11,16,20,26H,9-10,12-14H2,1-4H3,(H,24,27). The van der Waals surface area contributed by atoms with Crippen LogP contribution in [0.4, 0.5) is 4.79 Å². The molecule has 8 nitrogen and oxygen atoms in total. The van der Waals surface area contributed by atoms with Gasteiger partial charge in [-0.2, -0.15) is 0 Å². The smallest absolute Gasteiger partial charge is 0.407 e. The Labute approximate surface area is 177 Å². The van der Waals surface area contributed by atoms with Crippen LogP contribution in [-0.4, -0.2) is 72.7 Å². The summed E-state index contributed by atoms with van der Waals surface area (Å²) < 4.78 is 16.3. The van der Waals surface area contributed by atoms with E-state index in [-0.39, 0.29) is 6.10 Å². The summed E-state index contributed by atoms with van der Waals surface area (Å²) in [6.07, 6.45) is 0.411. The highest BCUT2D eigenvalue weighted by atomic mass is 16.6. The number of methoxy groups -OCH3 is 1. The Hall–Kier alpha value is -2.42. The van der Waals surface area contributed by atoms with Gasteiger partial charge in [-0.25, -0.2) is 4.79 Å². The zero-order valence-corrected chi connectivity index (χ0v) is 18.1. The minimum Gasteiger partial charge on any atom is -0.497 e. The van der Waals surface area contributed by atoms with Gasteiger partial charge in [-0.15, -0.1) is 0 Å². The number of aliphatic hydroxyl groups is 1. The maximum atomic E-state index is 11.9. The summed E-state index contributed by atoms with van der Waals surface area (Å²) in [5.41, 5.74) is 1.09. The number of hydrogen-bond donors (Lipinski definition) is 2. The molecule has 1 aromatic carbocycles. The number of nitrogens with one attached hydrogen (secondary N) is 1. The van der Waals surface area contributed by atoms with E-state index >= 15 is 0 Å². The Balaban J connectivity index is 1.60. The first-order valence-electron chi connectivity index (χ1n) is 10.2. The maximum Gasteiger partial charge on any atom is 0.407 e. The molecule has 1 aliphatic heterocycles. The normalized spacial score (nSPS) is 18.8. The molecule has 164 valence electrons. The van der Waals surface area contributed by atoms with Crippen molar-refractivity contribution < 1.29 is 24.1 Å². The average Bonchev–Trinajstić information content (AvgIpc) is 2.70. The fraction of sp³-hybridized carbons (Fsp3) is 0.545. The largest absolute Gasteiger partial charge is 0.497 e. The molecule has 3 rings (SSSR count). The van der Waals surface area contributed by atoms with E-state index in [2.05, 4.69) is 15.2 Å². The first-order chi connectivity index (χ1) is 14.2. The summed E-state index contributed by atoms with van der Waals surface area (Å²) in [4.78, 5) is 18.4. The second-order valence-electron chi connectivity index (χ2n) is 8.43. The molecule has 1 fully saturated rings. The van der Waals surface area contributed by atoms with Crippen molar-refractivity contribution in [1.82, 2.24) is 15.2 Å². The highest BCUT2D eigenvalue weighted by Gasteiger charge is 2.25. The molecule has 30 heavy (non-hydrogen) atoms. The molecule has 0 radical (unpaired) electrons. The number of nitrogens with zero attached hydrogens (tertiary/aromatic N) is 2. The third kappa shape index (κ3) is 6.04. The van der Waals surface area contributed by atoms with Gasteiger partial charge in [0.2, 0.25) is 0 Å². The monoisotopic (exact) mass is 417 g/mol. The van der Waals surface area contributed by atoms with E-state index in [0.29, 0.717) is 32.8 Å². The second-order valence-corrected chi connectivity index (χ2v) is 8.43. The number of aliphatic hydroxyl groups excluding tert-OH is 1. The second kappa shape index (κ2) is 9.59. The molecule has 0 aliphatic carbocycles. The highest BCUT2D eigenvalue weighted by molar-refractivity contribution is 5.83. The van der Waals surface area contributed by atoms with Crippen molar-refractivity contribution >= 4 is 17.0 Å². The molecule has 1 aromatic heterocycles. The fourth-order valence-corrected chi connectivity index (χ4v) is 3.49. The van der Waals surface area contributed by atoms with E-state index in [1.807, 2.05) is 45.0 Å². The predicted molar refractivity (Wildman–Crippen MR) is 114 cm³/mol. The topological polar surface area (TPSA) is 93.2 Å². The van der Waals surface area contributed by atoms with Crippen molar-refractivity contribution in [2.24, 2.45) is 0 Å². The molecule has 2 unspecified atom stereocenters. The molecule has 1 aliphatic rings. The maximum absolute atomic E-state index is 11.9. The van der Waals surface area contributed by atoms with Crippen molar-refractivity contribution in [1.29, 1.82) is 0 Å². The lowest BCUT2D eigenvalue weighted by Crippen LogP contribution is -2.49. The average molecular weight is 418 g/mol. The zero-order valence-electron chi connectivity index (χ0n) is 18.1. The number of morpholine rings is 1. The molecule has 0 bridgehead atoms. The van der Waals surface area contributed by atoms with Gasteiger partial charge >= 0.3 is 6.09 Å². The van der Waals surface area contributed by atoms with Crippen LogP contribution in [0.3, 0.4) is 0 Å². The van der Waals surface area contributed by atoms with Crippen LogP contribution in [0.2, 0.25) is 0 Å². The van der Waals surface area contributed by atoms with E-state index in [4.69, 9.17) is 14.2 Å². The first kappa shape index (κ1) is 22.3. The van der Waals surface area contributed by atoms with E-state index in [1.54, 1.807) is 13.3 Å². The van der Waals surface area contributed by atoms with Gasteiger partial charge in [0.15, 0.2) is 0 Å². The van der Waals surface area contributed by atoms with E-state index in [0.717, 1.165) is 22.2 Å². The molecule has 1 saturated heterocycles. The minimum atomic E-state index is -0.680. The number of ether oxygens (including phenoxy) is 3. The van der Waals surface area contributed by atoms with Crippen molar-refractivity contribution in [3.63, 3.8) is 0 Å². The third-order valence-electron chi connectivity index (χ3n) is 4.87. The summed E-state index contributed by atoms with van der Waals surface area (Å²) in [5.74, 6) is 0.726. The number of amides is 1. The van der Waals surface area contributed by atoms with Crippen LogP contribution in [0.25, 0.3) is 10.9 Å². The molecule has 0 spiro atoms. The lowest BCUT2D eigenvalue weighted by atomic mass is 10.0. The Morgan fingerprint density at radius 3 is 2.93 bits per heavy atom. The van der Waals surface area contributed by atoms with Gasteiger partial charge in [-0.3, -0.25) is 9.88 Å². The van der Waals surface area contributed by atoms with Gasteiger partial charge in [-0.05, 0) is 50.6 Å². The summed E-state index contributed by atoms with van der Waals surface area (Å²) in [7, 11) is 1.62. The van der Waals surface area contributed by atoms with Crippen LogP contribution in [0.5, 0.6) is 5.75 Å². The molecular weight excluding hydrogens is 386 g/mol. The van der Waals surface area contributed by atoms with Gasteiger partial charge in [0.1, 0.15) is 11.4 Å². The van der Waals surface area contributed by atoms with E-state index in [9.17, 15) is 9.90 Å². The summed E-state index contributed by atoms with van der Waals surface area (Å²) in [6, 6.07) is 7.48. The fourth-order valence-electron chi connectivity index (χ4n) is 3.49. The Morgan fingerprint density at radius 1 is 1.40 bits per heavy atom. The van der Waals surface area contributed by atoms with Gasteiger partial charge in [-0.1, -0.05) is 0 Å². The van der Waals surface area contributed by atoms with Crippen LogP contribution < -0.4 is 10.1 Å². The number of carbonyl (C=O) groups excluding carboxylic acids is 1. The van der Waals surface area contributed by atoms with Crippen molar-refractivity contribution in [3.8, 4) is 5.75 Å². The van der Waals surface area contributed by atoms with Crippen molar-refractivity contribution in [2.75, 3.05) is 39.9 Å². The minimum absolute atomic E-state index is 0.159. The van der Waals surface area contributed by atoms with Gasteiger partial charge < -0.3 is 24.6 Å². The zero-order chi connectivity index (χ0) is 21.7. The van der Waals surface area contributed by atoms with Crippen molar-refractivity contribution in [2.45, 2.75) is 38.6 Å². The molecule has 2 atom stereocenters. The molecule has 2 N–H and O–H groups in total. The van der Waals surface area contributed by atoms with Crippen LogP contribution in [-0.2, 0) is 9.47 Å². The van der Waals surface area contributed by atoms with Gasteiger partial charge in [0.25, 0.3) is 0 Å². The predicted octanol–water partition coefficient (Wildman–Crippen LogP) is 2.50. The van der Waals surface area contributed by atoms with Crippen LogP contribution in [0, 0.1) is 0 Å². The molecule has 0 saturated carbocycles. The lowest BCUT2D eigenvalue weighted by molar-refractivity contribution is -0.0403. The number of fused-ring (bicyclic) bond motifs is 1. The number of pyridine rings is 1. The SMILES string of the molecule is COc1ccc2nccc(C(O)CN3CCOC(CNC(=O)OC(C)(C)C)C3)c2c1. The first-order valence-corrected chi connectivity index (χ1v) is 10.2. The van der Waals surface area contributed by atoms with Crippen LogP contribution in [0.1, 0.15) is 32.4 Å². The third-order valence-corrected chi connectivity index (χ3v) is 4.87. The Bertz CT molecular complexity index is 867. The lowest BCUT2D eigenvalue weighted by Gasteiger charge is -2.34. The number of benzene rings is 1. The number of carbonyl (C=O) groups is 1. The summed E-state index contributed by atoms with van der Waals surface area (Å²) >= 11 is 0. The van der Waals surface area contributed by atoms with Gasteiger partial charge in [0, 0.05) is 37.8 Å². The summed E-state index contributed by atoms with van der Waals surface area (Å²) in [6.45, 7) is 8.16. The van der Waals surface area contributed by atoms with E-state index in [1.165, 1.54) is 0 Å². The molecule has 8 heteroatoms. The number of β-amino-alcohol motifs (C(OH)–C–C–N with tert-alkyl or cyclic N) is 1. The number of rotatable bonds is 6. The van der Waals surface area contributed by atoms with Crippen LogP contribution >= 0.6 is 0 Å². The molecule has 2 aromatic rings. The quantitative estimate of drug-likeness (QED) is 0.746. The number of hydrogen-bond acceptors (Lipinski definition) is 7.